The van der Waals surface area contributed by atoms with Gasteiger partial charge in [0.15, 0.2) is 0 Å². The van der Waals surface area contributed by atoms with Crippen LogP contribution in [0.25, 0.3) is 0 Å². The highest BCUT2D eigenvalue weighted by atomic mass is 16.1. The molecule has 12 heavy (non-hydrogen) atoms. The summed E-state index contributed by atoms with van der Waals surface area (Å²) in [6, 6.07) is 0. The van der Waals surface area contributed by atoms with Gasteiger partial charge in [0.05, 0.1) is 12.2 Å². The Balaban J connectivity index is 2.47. The molecule has 0 aromatic carbocycles. The summed E-state index contributed by atoms with van der Waals surface area (Å²) in [5.74, 6) is -0.316. The molecule has 1 aromatic rings. The fourth-order valence-electron chi connectivity index (χ4n) is 0.835. The van der Waals surface area contributed by atoms with Gasteiger partial charge in [0.1, 0.15) is 0 Å². The van der Waals surface area contributed by atoms with Gasteiger partial charge in [-0.05, 0) is 6.42 Å². The van der Waals surface area contributed by atoms with Gasteiger partial charge in [-0.2, -0.15) is 0 Å². The quantitative estimate of drug-likeness (QED) is 0.671. The van der Waals surface area contributed by atoms with Crippen LogP contribution < -0.4 is 5.73 Å². The molecule has 0 fully saturated rings. The number of primary amides is 1. The third-order valence-corrected chi connectivity index (χ3v) is 1.54. The Bertz CT molecular complexity index is 268. The average Bonchev–Trinajstić information content (AvgIpc) is 2.48. The Morgan fingerprint density at radius 2 is 2.50 bits per heavy atom. The van der Waals surface area contributed by atoms with E-state index in [2.05, 4.69) is 10.3 Å². The molecule has 0 aliphatic heterocycles. The maximum Gasteiger partial charge on any atom is 0.219 e. The fraction of sp³-hybridized carbons (Fsp3) is 0.571. The summed E-state index contributed by atoms with van der Waals surface area (Å²) < 4.78 is 1.63. The van der Waals surface area contributed by atoms with E-state index in [9.17, 15) is 4.79 Å². The molecule has 5 nitrogen and oxygen atoms in total. The molecule has 0 spiro atoms. The van der Waals surface area contributed by atoms with Crippen LogP contribution in [-0.2, 0) is 17.8 Å². The summed E-state index contributed by atoms with van der Waals surface area (Å²) in [5, 5.41) is 7.69. The molecule has 1 rings (SSSR count). The summed E-state index contributed by atoms with van der Waals surface area (Å²) in [6.45, 7) is 2.52. The van der Waals surface area contributed by atoms with Gasteiger partial charge in [0.25, 0.3) is 0 Å². The normalized spacial score (nSPS) is 10.1. The Morgan fingerprint density at radius 3 is 3.00 bits per heavy atom. The predicted molar refractivity (Wildman–Crippen MR) is 43.2 cm³/mol. The first-order valence-corrected chi connectivity index (χ1v) is 3.89. The van der Waals surface area contributed by atoms with E-state index in [1.807, 2.05) is 13.1 Å². The Hall–Kier alpha value is -1.39. The zero-order valence-electron chi connectivity index (χ0n) is 7.03. The molecule has 5 heteroatoms. The third kappa shape index (κ3) is 2.34. The number of amides is 1. The van der Waals surface area contributed by atoms with E-state index in [1.165, 1.54) is 0 Å². The largest absolute Gasteiger partial charge is 0.370 e. The van der Waals surface area contributed by atoms with E-state index < -0.39 is 0 Å². The molecule has 0 aliphatic rings. The number of carbonyl (C=O) groups excluding carboxylic acids is 1. The van der Waals surface area contributed by atoms with Crippen molar-refractivity contribution in [3.8, 4) is 0 Å². The monoisotopic (exact) mass is 168 g/mol. The van der Waals surface area contributed by atoms with Crippen molar-refractivity contribution in [2.75, 3.05) is 0 Å². The predicted octanol–water partition coefficient (Wildman–Crippen LogP) is -0.284. The molecule has 0 bridgehead atoms. The SMILES string of the molecule is CCc1cn(CCC(N)=O)nn1. The molecule has 1 aromatic heterocycles. The highest BCUT2D eigenvalue weighted by Gasteiger charge is 1.99. The van der Waals surface area contributed by atoms with Crippen molar-refractivity contribution in [2.45, 2.75) is 26.3 Å². The van der Waals surface area contributed by atoms with Crippen LogP contribution in [0, 0.1) is 0 Å². The summed E-state index contributed by atoms with van der Waals surface area (Å²) in [4.78, 5) is 10.4. The zero-order valence-corrected chi connectivity index (χ0v) is 7.03. The van der Waals surface area contributed by atoms with Crippen LogP contribution in [0.15, 0.2) is 6.20 Å². The number of carbonyl (C=O) groups is 1. The molecular weight excluding hydrogens is 156 g/mol. The minimum Gasteiger partial charge on any atom is -0.370 e. The maximum atomic E-state index is 10.4. The summed E-state index contributed by atoms with van der Waals surface area (Å²) in [6.07, 6.45) is 2.99. The molecule has 0 aliphatic carbocycles. The van der Waals surface area contributed by atoms with Gasteiger partial charge in [-0.1, -0.05) is 12.1 Å². The van der Waals surface area contributed by atoms with Gasteiger partial charge < -0.3 is 5.73 Å². The zero-order chi connectivity index (χ0) is 8.97. The summed E-state index contributed by atoms with van der Waals surface area (Å²) in [7, 11) is 0. The molecule has 0 saturated heterocycles. The van der Waals surface area contributed by atoms with Gasteiger partial charge >= 0.3 is 0 Å². The number of nitrogens with zero attached hydrogens (tertiary/aromatic N) is 3. The lowest BCUT2D eigenvalue weighted by Crippen LogP contribution is -2.14. The van der Waals surface area contributed by atoms with E-state index in [1.54, 1.807) is 4.68 Å². The van der Waals surface area contributed by atoms with Crippen LogP contribution in [0.2, 0.25) is 0 Å². The lowest BCUT2D eigenvalue weighted by molar-refractivity contribution is -0.118. The second kappa shape index (κ2) is 3.85. The summed E-state index contributed by atoms with van der Waals surface area (Å²) >= 11 is 0. The standard InChI is InChI=1S/C7H12N4O/c1-2-6-5-11(10-9-6)4-3-7(8)12/h5H,2-4H2,1H3,(H2,8,12). The van der Waals surface area contributed by atoms with Crippen LogP contribution in [-0.4, -0.2) is 20.9 Å². The van der Waals surface area contributed by atoms with E-state index >= 15 is 0 Å². The van der Waals surface area contributed by atoms with Gasteiger partial charge in [0, 0.05) is 12.6 Å². The van der Waals surface area contributed by atoms with E-state index in [4.69, 9.17) is 5.73 Å². The van der Waals surface area contributed by atoms with Gasteiger partial charge in [-0.25, -0.2) is 0 Å². The first-order chi connectivity index (χ1) is 5.72. The number of nitrogens with two attached hydrogens (primary N) is 1. The molecule has 0 unspecified atom stereocenters. The van der Waals surface area contributed by atoms with Crippen molar-refractivity contribution in [3.05, 3.63) is 11.9 Å². The molecule has 1 amide bonds. The van der Waals surface area contributed by atoms with Gasteiger partial charge in [0.2, 0.25) is 5.91 Å². The number of aryl methyl sites for hydroxylation is 2. The molecule has 2 N–H and O–H groups in total. The van der Waals surface area contributed by atoms with Crippen molar-refractivity contribution in [3.63, 3.8) is 0 Å². The van der Waals surface area contributed by atoms with Crippen molar-refractivity contribution < 1.29 is 4.79 Å². The van der Waals surface area contributed by atoms with E-state index in [0.29, 0.717) is 13.0 Å². The highest BCUT2D eigenvalue weighted by Crippen LogP contribution is 1.94. The first-order valence-electron chi connectivity index (χ1n) is 3.89. The molecule has 66 valence electrons. The third-order valence-electron chi connectivity index (χ3n) is 1.54. The van der Waals surface area contributed by atoms with Crippen LogP contribution in [0.1, 0.15) is 19.0 Å². The van der Waals surface area contributed by atoms with Crippen LogP contribution in [0.5, 0.6) is 0 Å². The van der Waals surface area contributed by atoms with Crippen molar-refractivity contribution in [1.29, 1.82) is 0 Å². The minimum absolute atomic E-state index is 0.312. The molecule has 0 saturated carbocycles. The lowest BCUT2D eigenvalue weighted by atomic mass is 10.4. The fourth-order valence-corrected chi connectivity index (χ4v) is 0.835. The van der Waals surface area contributed by atoms with Crippen molar-refractivity contribution in [1.82, 2.24) is 15.0 Å². The van der Waals surface area contributed by atoms with Gasteiger partial charge in [-0.3, -0.25) is 9.48 Å². The van der Waals surface area contributed by atoms with Crippen molar-refractivity contribution >= 4 is 5.91 Å². The Labute approximate surface area is 70.6 Å². The highest BCUT2D eigenvalue weighted by molar-refractivity contribution is 5.73. The first kappa shape index (κ1) is 8.70. The van der Waals surface area contributed by atoms with Crippen LogP contribution in [0.3, 0.4) is 0 Å². The lowest BCUT2D eigenvalue weighted by Gasteiger charge is -1.94. The Morgan fingerprint density at radius 1 is 1.75 bits per heavy atom. The Kier molecular flexibility index (Phi) is 2.79. The number of aromatic nitrogens is 3. The molecular formula is C7H12N4O. The molecule has 0 atom stereocenters. The van der Waals surface area contributed by atoms with Gasteiger partial charge in [-0.15, -0.1) is 5.10 Å². The summed E-state index contributed by atoms with van der Waals surface area (Å²) in [5.41, 5.74) is 5.91. The minimum atomic E-state index is -0.316. The molecule has 1 heterocycles. The van der Waals surface area contributed by atoms with Crippen molar-refractivity contribution in [2.24, 2.45) is 5.73 Å². The second-order valence-electron chi connectivity index (χ2n) is 2.54. The number of hydrogen-bond acceptors (Lipinski definition) is 3. The maximum absolute atomic E-state index is 10.4. The van der Waals surface area contributed by atoms with Crippen LogP contribution in [0.4, 0.5) is 0 Å². The smallest absolute Gasteiger partial charge is 0.219 e. The van der Waals surface area contributed by atoms with Crippen LogP contribution >= 0.6 is 0 Å². The molecule has 0 radical (unpaired) electrons. The number of rotatable bonds is 4. The topological polar surface area (TPSA) is 73.8 Å². The van der Waals surface area contributed by atoms with E-state index in [0.717, 1.165) is 12.1 Å². The second-order valence-corrected chi connectivity index (χ2v) is 2.54. The van der Waals surface area contributed by atoms with E-state index in [-0.39, 0.29) is 5.91 Å². The average molecular weight is 168 g/mol. The number of hydrogen-bond donors (Lipinski definition) is 1.